The van der Waals surface area contributed by atoms with Crippen LogP contribution < -0.4 is 0 Å². The average molecular weight is 190 g/mol. The Morgan fingerprint density at radius 2 is 2.38 bits per heavy atom. The summed E-state index contributed by atoms with van der Waals surface area (Å²) in [6.07, 6.45) is -2.15. The zero-order valence-corrected chi connectivity index (χ0v) is 7.02. The van der Waals surface area contributed by atoms with Crippen LogP contribution in [0.5, 0.6) is 0 Å². The van der Waals surface area contributed by atoms with Crippen molar-refractivity contribution >= 4 is 11.9 Å². The molecule has 0 spiro atoms. The van der Waals surface area contributed by atoms with Crippen molar-refractivity contribution in [3.05, 3.63) is 0 Å². The van der Waals surface area contributed by atoms with Crippen LogP contribution in [0.3, 0.4) is 0 Å². The van der Waals surface area contributed by atoms with Crippen LogP contribution in [-0.4, -0.2) is 47.6 Å². The van der Waals surface area contributed by atoms with E-state index >= 15 is 0 Å². The van der Waals surface area contributed by atoms with Gasteiger partial charge in [0.2, 0.25) is 0 Å². The van der Waals surface area contributed by atoms with Crippen LogP contribution in [0, 0.1) is 0 Å². The van der Waals surface area contributed by atoms with E-state index in [0.29, 0.717) is 0 Å². The number of rotatable bonds is 2. The minimum Gasteiger partial charge on any atom is -0.467 e. The molecular formula is C7H10O6. The van der Waals surface area contributed by atoms with Crippen molar-refractivity contribution in [2.24, 2.45) is 0 Å². The third kappa shape index (κ3) is 1.78. The highest BCUT2D eigenvalue weighted by atomic mass is 16.6. The van der Waals surface area contributed by atoms with Crippen molar-refractivity contribution in [2.75, 3.05) is 13.7 Å². The Hall–Kier alpha value is -1.14. The van der Waals surface area contributed by atoms with Gasteiger partial charge in [0, 0.05) is 0 Å². The van der Waals surface area contributed by atoms with Crippen LogP contribution in [0.4, 0.5) is 0 Å². The maximum atomic E-state index is 10.8. The smallest absolute Gasteiger partial charge is 0.337 e. The minimum atomic E-state index is -1.84. The van der Waals surface area contributed by atoms with Gasteiger partial charge in [0.25, 0.3) is 0 Å². The van der Waals surface area contributed by atoms with Crippen LogP contribution in [0.25, 0.3) is 0 Å². The topological polar surface area (TPSA) is 93.1 Å². The summed E-state index contributed by atoms with van der Waals surface area (Å²) in [5, 5.41) is 18.8. The van der Waals surface area contributed by atoms with Gasteiger partial charge < -0.3 is 19.7 Å². The molecular weight excluding hydrogens is 180 g/mol. The molecule has 1 unspecified atom stereocenters. The summed E-state index contributed by atoms with van der Waals surface area (Å²) >= 11 is 0. The van der Waals surface area contributed by atoms with Gasteiger partial charge in [-0.25, -0.2) is 4.79 Å². The van der Waals surface area contributed by atoms with Gasteiger partial charge in [-0.2, -0.15) is 0 Å². The Morgan fingerprint density at radius 1 is 1.77 bits per heavy atom. The van der Waals surface area contributed by atoms with Crippen LogP contribution in [-0.2, 0) is 19.1 Å². The molecule has 6 nitrogen and oxygen atoms in total. The molecule has 1 fully saturated rings. The van der Waals surface area contributed by atoms with Crippen LogP contribution >= 0.6 is 0 Å². The first-order chi connectivity index (χ1) is 5.99. The molecule has 0 bridgehead atoms. The number of aliphatic hydroxyl groups excluding tert-OH is 1. The molecule has 0 aromatic heterocycles. The lowest BCUT2D eigenvalue weighted by Crippen LogP contribution is -2.48. The number of esters is 2. The molecule has 2 N–H and O–H groups in total. The van der Waals surface area contributed by atoms with Gasteiger partial charge in [0.1, 0.15) is 12.2 Å². The Balaban J connectivity index is 2.70. The monoisotopic (exact) mass is 190 g/mol. The van der Waals surface area contributed by atoms with Crippen molar-refractivity contribution in [1.29, 1.82) is 0 Å². The molecule has 74 valence electrons. The second-order valence-corrected chi connectivity index (χ2v) is 2.87. The van der Waals surface area contributed by atoms with Gasteiger partial charge in [0.15, 0.2) is 6.10 Å². The van der Waals surface area contributed by atoms with E-state index in [-0.39, 0.29) is 6.61 Å². The lowest BCUT2D eigenvalue weighted by atomic mass is 9.96. The number of carbonyl (C=O) groups excluding carboxylic acids is 2. The molecule has 0 saturated carbocycles. The maximum absolute atomic E-state index is 10.8. The van der Waals surface area contributed by atoms with Crippen molar-refractivity contribution < 1.29 is 29.3 Å². The Morgan fingerprint density at radius 3 is 2.77 bits per heavy atom. The number of hydrogen-bond donors (Lipinski definition) is 2. The summed E-state index contributed by atoms with van der Waals surface area (Å²) in [5.74, 6) is -1.63. The lowest BCUT2D eigenvalue weighted by molar-refractivity contribution is -0.166. The molecule has 2 atom stereocenters. The lowest BCUT2D eigenvalue weighted by Gasteiger charge is -2.22. The normalized spacial score (nSPS) is 29.6. The molecule has 0 radical (unpaired) electrons. The van der Waals surface area contributed by atoms with Crippen LogP contribution in [0.2, 0.25) is 0 Å². The van der Waals surface area contributed by atoms with Gasteiger partial charge in [-0.3, -0.25) is 4.79 Å². The van der Waals surface area contributed by atoms with Crippen LogP contribution in [0.1, 0.15) is 6.42 Å². The summed E-state index contributed by atoms with van der Waals surface area (Å²) < 4.78 is 8.64. The Bertz CT molecular complexity index is 237. The summed E-state index contributed by atoms with van der Waals surface area (Å²) in [7, 11) is 1.08. The molecule has 0 aromatic rings. The van der Waals surface area contributed by atoms with Gasteiger partial charge in [-0.05, 0) is 0 Å². The fraction of sp³-hybridized carbons (Fsp3) is 0.714. The van der Waals surface area contributed by atoms with Crippen molar-refractivity contribution in [3.63, 3.8) is 0 Å². The molecule has 1 aliphatic heterocycles. The minimum absolute atomic E-state index is 0.387. The van der Waals surface area contributed by atoms with Gasteiger partial charge in [-0.1, -0.05) is 0 Å². The largest absolute Gasteiger partial charge is 0.467 e. The SMILES string of the molecule is COC(=O)C(O)[C@]1(O)COC(=O)C1. The number of ether oxygens (including phenoxy) is 2. The predicted octanol–water partition coefficient (Wildman–Crippen LogP) is -1.80. The maximum Gasteiger partial charge on any atom is 0.337 e. The predicted molar refractivity (Wildman–Crippen MR) is 38.5 cm³/mol. The molecule has 1 saturated heterocycles. The van der Waals surface area contributed by atoms with E-state index in [1.807, 2.05) is 0 Å². The van der Waals surface area contributed by atoms with Crippen molar-refractivity contribution in [1.82, 2.24) is 0 Å². The van der Waals surface area contributed by atoms with Crippen molar-refractivity contribution in [2.45, 2.75) is 18.1 Å². The van der Waals surface area contributed by atoms with Gasteiger partial charge in [-0.15, -0.1) is 0 Å². The summed E-state index contributed by atoms with van der Waals surface area (Å²) in [6.45, 7) is -0.387. The third-order valence-electron chi connectivity index (χ3n) is 1.87. The molecule has 13 heavy (non-hydrogen) atoms. The highest BCUT2D eigenvalue weighted by Crippen LogP contribution is 2.24. The fourth-order valence-electron chi connectivity index (χ4n) is 1.06. The zero-order valence-electron chi connectivity index (χ0n) is 7.02. The zero-order chi connectivity index (χ0) is 10.1. The molecule has 0 amide bonds. The Labute approximate surface area is 74.1 Å². The van der Waals surface area contributed by atoms with E-state index in [4.69, 9.17) is 0 Å². The Kier molecular flexibility index (Phi) is 2.53. The van der Waals surface area contributed by atoms with E-state index in [0.717, 1.165) is 7.11 Å². The standard InChI is InChI=1S/C7H10O6/c1-12-6(10)5(9)7(11)2-4(8)13-3-7/h5,9,11H,2-3H2,1H3/t5?,7-/m1/s1. The first kappa shape index (κ1) is 9.94. The second kappa shape index (κ2) is 3.31. The van der Waals surface area contributed by atoms with Gasteiger partial charge in [0.05, 0.1) is 13.5 Å². The third-order valence-corrected chi connectivity index (χ3v) is 1.87. The first-order valence-electron chi connectivity index (χ1n) is 3.63. The summed E-state index contributed by atoms with van der Waals surface area (Å²) in [6, 6.07) is 0. The molecule has 1 heterocycles. The number of methoxy groups -OCH3 is 1. The number of aliphatic hydroxyl groups is 2. The van der Waals surface area contributed by atoms with E-state index in [2.05, 4.69) is 9.47 Å². The van der Waals surface area contributed by atoms with E-state index < -0.39 is 30.1 Å². The molecule has 0 aliphatic carbocycles. The fourth-order valence-corrected chi connectivity index (χ4v) is 1.06. The number of carbonyl (C=O) groups is 2. The van der Waals surface area contributed by atoms with Crippen molar-refractivity contribution in [3.8, 4) is 0 Å². The molecule has 1 rings (SSSR count). The second-order valence-electron chi connectivity index (χ2n) is 2.87. The number of cyclic esters (lactones) is 1. The van der Waals surface area contributed by atoms with Gasteiger partial charge >= 0.3 is 11.9 Å². The quantitative estimate of drug-likeness (QED) is 0.499. The molecule has 6 heteroatoms. The summed E-state index contributed by atoms with van der Waals surface area (Å²) in [5.41, 5.74) is -1.84. The van der Waals surface area contributed by atoms with E-state index in [1.165, 1.54) is 0 Å². The number of hydrogen-bond acceptors (Lipinski definition) is 6. The van der Waals surface area contributed by atoms with E-state index in [9.17, 15) is 19.8 Å². The highest BCUT2D eigenvalue weighted by molar-refractivity contribution is 5.80. The van der Waals surface area contributed by atoms with Crippen LogP contribution in [0.15, 0.2) is 0 Å². The molecule has 0 aromatic carbocycles. The average Bonchev–Trinajstić information content (AvgIpc) is 2.45. The first-order valence-corrected chi connectivity index (χ1v) is 3.63. The summed E-state index contributed by atoms with van der Waals surface area (Å²) in [4.78, 5) is 21.4. The molecule has 1 aliphatic rings. The highest BCUT2D eigenvalue weighted by Gasteiger charge is 2.48. The van der Waals surface area contributed by atoms with E-state index in [1.54, 1.807) is 0 Å².